The van der Waals surface area contributed by atoms with E-state index in [-0.39, 0.29) is 23.6 Å². The van der Waals surface area contributed by atoms with Gasteiger partial charge in [0.05, 0.1) is 17.6 Å². The summed E-state index contributed by atoms with van der Waals surface area (Å²) in [4.78, 5) is 53.7. The molecule has 6 N–H and O–H groups in total. The lowest BCUT2D eigenvalue weighted by molar-refractivity contribution is -0.130. The number of ether oxygens (including phenoxy) is 1. The number of nitrogens with two attached hydrogens (primary N) is 1. The number of carbonyl (C=O) groups is 4. The van der Waals surface area contributed by atoms with Crippen molar-refractivity contribution >= 4 is 46.1 Å². The lowest BCUT2D eigenvalue weighted by Gasteiger charge is -2.23. The largest absolute Gasteiger partial charge is 0.497 e. The van der Waals surface area contributed by atoms with Crippen LogP contribution < -0.4 is 26.4 Å². The van der Waals surface area contributed by atoms with Crippen molar-refractivity contribution in [2.24, 2.45) is 17.6 Å². The number of hydrogen-bond donors (Lipinski definition) is 5. The van der Waals surface area contributed by atoms with Crippen LogP contribution in [0.3, 0.4) is 0 Å². The number of primary amides is 1. The molecule has 1 saturated carbocycles. The summed E-state index contributed by atoms with van der Waals surface area (Å²) in [6.45, 7) is 3.80. The number of aromatic amines is 1. The Hall–Kier alpha value is -3.27. The number of H-pyrrole nitrogens is 1. The van der Waals surface area contributed by atoms with Crippen LogP contribution in [-0.4, -0.2) is 53.3 Å². The fourth-order valence-corrected chi connectivity index (χ4v) is 5.02. The van der Waals surface area contributed by atoms with Crippen LogP contribution in [-0.2, 0) is 14.4 Å². The fourth-order valence-electron chi connectivity index (χ4n) is 4.76. The van der Waals surface area contributed by atoms with Gasteiger partial charge in [-0.25, -0.2) is 0 Å². The van der Waals surface area contributed by atoms with Gasteiger partial charge in [-0.1, -0.05) is 24.4 Å². The van der Waals surface area contributed by atoms with E-state index in [0.717, 1.165) is 12.8 Å². The maximum absolute atomic E-state index is 13.2. The number of fused-ring (bicyclic) bond motifs is 1. The van der Waals surface area contributed by atoms with E-state index >= 15 is 0 Å². The standard InChI is InChI=1S/C25H32ClN5O5/c1-25(2)11-14(22(33)31-25)9-17(21(27)32)29-23(34)18(6-12-4-5-12)30-24(35)19-8-13-7-15(36-3)10-16(26)20(13)28-19/h7-8,10,12,14,17-18,28H,4-6,9,11H2,1-3H3,(H2,27,32)(H,29,34)(H,30,35)(H,31,33)/t14-,17+,18+/m1/s1. The Morgan fingerprint density at radius 3 is 2.47 bits per heavy atom. The van der Waals surface area contributed by atoms with E-state index in [2.05, 4.69) is 20.9 Å². The van der Waals surface area contributed by atoms with Gasteiger partial charge in [0.25, 0.3) is 5.91 Å². The van der Waals surface area contributed by atoms with E-state index in [4.69, 9.17) is 22.1 Å². The number of halogens is 1. The minimum absolute atomic E-state index is 0.1000. The quantitative estimate of drug-likeness (QED) is 0.326. The van der Waals surface area contributed by atoms with Gasteiger partial charge in [-0.3, -0.25) is 19.2 Å². The van der Waals surface area contributed by atoms with E-state index in [1.54, 1.807) is 18.2 Å². The topological polar surface area (TPSA) is 155 Å². The van der Waals surface area contributed by atoms with Crippen molar-refractivity contribution in [3.05, 3.63) is 28.9 Å². The molecule has 194 valence electrons. The predicted molar refractivity (Wildman–Crippen MR) is 135 cm³/mol. The van der Waals surface area contributed by atoms with Crippen molar-refractivity contribution < 1.29 is 23.9 Å². The molecule has 2 aromatic rings. The van der Waals surface area contributed by atoms with Crippen molar-refractivity contribution in [1.82, 2.24) is 20.9 Å². The van der Waals surface area contributed by atoms with Crippen LogP contribution >= 0.6 is 11.6 Å². The van der Waals surface area contributed by atoms with Gasteiger partial charge in [-0.2, -0.15) is 0 Å². The molecule has 4 rings (SSSR count). The zero-order valence-electron chi connectivity index (χ0n) is 20.6. The molecule has 2 fully saturated rings. The van der Waals surface area contributed by atoms with Crippen LogP contribution in [0.5, 0.6) is 5.75 Å². The van der Waals surface area contributed by atoms with Crippen LogP contribution in [0.4, 0.5) is 0 Å². The Balaban J connectivity index is 1.47. The van der Waals surface area contributed by atoms with Crippen molar-refractivity contribution in [3.63, 3.8) is 0 Å². The molecular formula is C25H32ClN5O5. The monoisotopic (exact) mass is 517 g/mol. The summed E-state index contributed by atoms with van der Waals surface area (Å²) in [6, 6.07) is 3.14. The van der Waals surface area contributed by atoms with E-state index in [1.165, 1.54) is 7.11 Å². The van der Waals surface area contributed by atoms with Gasteiger partial charge >= 0.3 is 0 Å². The lowest BCUT2D eigenvalue weighted by Crippen LogP contribution is -2.53. The van der Waals surface area contributed by atoms with Gasteiger partial charge in [0.1, 0.15) is 23.5 Å². The van der Waals surface area contributed by atoms with Gasteiger partial charge in [0.2, 0.25) is 17.7 Å². The Kier molecular flexibility index (Phi) is 7.17. The van der Waals surface area contributed by atoms with E-state index < -0.39 is 35.7 Å². The first-order valence-electron chi connectivity index (χ1n) is 12.0. The molecule has 2 aliphatic rings. The second-order valence-electron chi connectivity index (χ2n) is 10.4. The van der Waals surface area contributed by atoms with Crippen LogP contribution in [0.1, 0.15) is 56.4 Å². The highest BCUT2D eigenvalue weighted by Gasteiger charge is 2.40. The molecular weight excluding hydrogens is 486 g/mol. The maximum atomic E-state index is 13.2. The maximum Gasteiger partial charge on any atom is 0.268 e. The number of carbonyl (C=O) groups excluding carboxylic acids is 4. The first kappa shape index (κ1) is 25.8. The molecule has 1 saturated heterocycles. The molecule has 2 heterocycles. The number of amides is 4. The van der Waals surface area contributed by atoms with Gasteiger partial charge in [-0.15, -0.1) is 0 Å². The summed E-state index contributed by atoms with van der Waals surface area (Å²) in [5.74, 6) is -1.45. The highest BCUT2D eigenvalue weighted by Crippen LogP contribution is 2.34. The minimum Gasteiger partial charge on any atom is -0.497 e. The van der Waals surface area contributed by atoms with E-state index in [9.17, 15) is 19.2 Å². The van der Waals surface area contributed by atoms with Gasteiger partial charge in [0, 0.05) is 22.9 Å². The molecule has 4 amide bonds. The van der Waals surface area contributed by atoms with Gasteiger partial charge < -0.3 is 31.4 Å². The third-order valence-electron chi connectivity index (χ3n) is 6.79. The molecule has 0 unspecified atom stereocenters. The molecule has 1 aliphatic carbocycles. The highest BCUT2D eigenvalue weighted by atomic mass is 35.5. The summed E-state index contributed by atoms with van der Waals surface area (Å²) in [5.41, 5.74) is 6.00. The normalized spacial score (nSPS) is 20.4. The number of hydrogen-bond acceptors (Lipinski definition) is 5. The summed E-state index contributed by atoms with van der Waals surface area (Å²) in [6.07, 6.45) is 3.01. The first-order chi connectivity index (χ1) is 17.0. The van der Waals surface area contributed by atoms with Crippen LogP contribution in [0.15, 0.2) is 18.2 Å². The number of benzene rings is 1. The SMILES string of the molecule is COc1cc(Cl)c2[nH]c(C(=O)N[C@@H](CC3CC3)C(=O)N[C@@H](C[C@@H]3CC(C)(C)NC3=O)C(N)=O)cc2c1. The summed E-state index contributed by atoms with van der Waals surface area (Å²) < 4.78 is 5.23. The van der Waals surface area contributed by atoms with E-state index in [1.807, 2.05) is 13.8 Å². The highest BCUT2D eigenvalue weighted by molar-refractivity contribution is 6.35. The van der Waals surface area contributed by atoms with Crippen LogP contribution in [0.25, 0.3) is 10.9 Å². The van der Waals surface area contributed by atoms with Gasteiger partial charge in [-0.05, 0) is 51.2 Å². The number of methoxy groups -OCH3 is 1. The molecule has 3 atom stereocenters. The van der Waals surface area contributed by atoms with Crippen molar-refractivity contribution in [3.8, 4) is 5.75 Å². The average Bonchev–Trinajstić information content (AvgIpc) is 3.43. The second kappa shape index (κ2) is 10.0. The third kappa shape index (κ3) is 5.92. The minimum atomic E-state index is -1.03. The molecule has 1 aliphatic heterocycles. The first-order valence-corrected chi connectivity index (χ1v) is 12.4. The molecule has 0 radical (unpaired) electrons. The Morgan fingerprint density at radius 1 is 1.17 bits per heavy atom. The number of aromatic nitrogens is 1. The van der Waals surface area contributed by atoms with Crippen LogP contribution in [0, 0.1) is 11.8 Å². The smallest absolute Gasteiger partial charge is 0.268 e. The zero-order valence-corrected chi connectivity index (χ0v) is 21.3. The van der Waals surface area contributed by atoms with Crippen molar-refractivity contribution in [2.45, 2.75) is 63.6 Å². The lowest BCUT2D eigenvalue weighted by atomic mass is 9.91. The Labute approximate surface area is 214 Å². The molecule has 0 spiro atoms. The summed E-state index contributed by atoms with van der Waals surface area (Å²) >= 11 is 6.30. The summed E-state index contributed by atoms with van der Waals surface area (Å²) in [5, 5.41) is 9.44. The fraction of sp³-hybridized carbons (Fsp3) is 0.520. The molecule has 1 aromatic carbocycles. The third-order valence-corrected chi connectivity index (χ3v) is 7.09. The summed E-state index contributed by atoms with van der Waals surface area (Å²) in [7, 11) is 1.53. The average molecular weight is 518 g/mol. The molecule has 1 aromatic heterocycles. The van der Waals surface area contributed by atoms with Crippen LogP contribution in [0.2, 0.25) is 5.02 Å². The van der Waals surface area contributed by atoms with Gasteiger partial charge in [0.15, 0.2) is 0 Å². The Morgan fingerprint density at radius 2 is 1.89 bits per heavy atom. The Bertz CT molecular complexity index is 1200. The molecule has 36 heavy (non-hydrogen) atoms. The van der Waals surface area contributed by atoms with Crippen molar-refractivity contribution in [2.75, 3.05) is 7.11 Å². The van der Waals surface area contributed by atoms with E-state index in [0.29, 0.717) is 40.4 Å². The van der Waals surface area contributed by atoms with Crippen molar-refractivity contribution in [1.29, 1.82) is 0 Å². The number of nitrogens with one attached hydrogen (secondary N) is 4. The predicted octanol–water partition coefficient (Wildman–Crippen LogP) is 2.00. The molecule has 11 heteroatoms. The number of rotatable bonds is 10. The second-order valence-corrected chi connectivity index (χ2v) is 10.8. The zero-order chi connectivity index (χ0) is 26.2. The molecule has 10 nitrogen and oxygen atoms in total. The molecule has 0 bridgehead atoms.